The number of hydrogen-bond donors (Lipinski definition) is 3. The molecule has 2 rings (SSSR count). The Morgan fingerprint density at radius 1 is 1.14 bits per heavy atom. The molecule has 0 fully saturated rings. The number of aromatic hydroxyl groups is 1. The number of rotatable bonds is 5. The van der Waals surface area contributed by atoms with Gasteiger partial charge in [-0.25, -0.2) is 13.1 Å². The van der Waals surface area contributed by atoms with Crippen LogP contribution in [-0.2, 0) is 16.6 Å². The molecule has 0 radical (unpaired) electrons. The molecule has 0 spiro atoms. The maximum Gasteiger partial charge on any atom is 0.240 e. The number of phenols is 1. The van der Waals surface area contributed by atoms with Gasteiger partial charge in [-0.2, -0.15) is 0 Å². The second-order valence-electron chi connectivity index (χ2n) is 4.67. The summed E-state index contributed by atoms with van der Waals surface area (Å²) in [4.78, 5) is 0.204. The third-order valence-electron chi connectivity index (χ3n) is 3.25. The molecular formula is C15H18N2O3S. The summed E-state index contributed by atoms with van der Waals surface area (Å²) in [5.41, 5.74) is 2.40. The molecule has 0 heterocycles. The molecule has 0 atom stereocenters. The lowest BCUT2D eigenvalue weighted by Crippen LogP contribution is -2.18. The number of benzene rings is 2. The zero-order valence-electron chi connectivity index (χ0n) is 11.9. The zero-order chi connectivity index (χ0) is 15.5. The first-order chi connectivity index (χ1) is 9.94. The first kappa shape index (κ1) is 15.3. The maximum atomic E-state index is 11.8. The van der Waals surface area contributed by atoms with Gasteiger partial charge in [-0.05, 0) is 37.7 Å². The lowest BCUT2D eigenvalue weighted by molar-refractivity contribution is 0.469. The van der Waals surface area contributed by atoms with Crippen LogP contribution in [0.1, 0.15) is 11.1 Å². The van der Waals surface area contributed by atoms with Crippen molar-refractivity contribution in [2.75, 3.05) is 12.4 Å². The standard InChI is InChI=1S/C15H18N2O3S/c1-11-7-8-13(21(19,20)16-2)9-14(11)17-10-12-5-3-4-6-15(12)18/h3-9,16-18H,10H2,1-2H3. The van der Waals surface area contributed by atoms with Gasteiger partial charge in [-0.15, -0.1) is 0 Å². The predicted octanol–water partition coefficient (Wildman–Crippen LogP) is 2.22. The Morgan fingerprint density at radius 3 is 2.52 bits per heavy atom. The van der Waals surface area contributed by atoms with Gasteiger partial charge in [0.1, 0.15) is 5.75 Å². The van der Waals surface area contributed by atoms with Gasteiger partial charge in [0.2, 0.25) is 10.0 Å². The minimum atomic E-state index is -3.47. The highest BCUT2D eigenvalue weighted by molar-refractivity contribution is 7.89. The number of phenolic OH excluding ortho intramolecular Hbond substituents is 1. The van der Waals surface area contributed by atoms with E-state index in [4.69, 9.17) is 0 Å². The summed E-state index contributed by atoms with van der Waals surface area (Å²) in [6, 6.07) is 11.9. The van der Waals surface area contributed by atoms with Crippen LogP contribution in [0, 0.1) is 6.92 Å². The first-order valence-corrected chi connectivity index (χ1v) is 7.97. The van der Waals surface area contributed by atoms with Crippen molar-refractivity contribution in [3.8, 4) is 5.75 Å². The fraction of sp³-hybridized carbons (Fsp3) is 0.200. The van der Waals surface area contributed by atoms with Crippen LogP contribution < -0.4 is 10.0 Å². The van der Waals surface area contributed by atoms with Crippen molar-refractivity contribution in [1.82, 2.24) is 4.72 Å². The molecule has 3 N–H and O–H groups in total. The molecule has 0 amide bonds. The van der Waals surface area contributed by atoms with Crippen LogP contribution in [0.15, 0.2) is 47.4 Å². The molecule has 0 bridgehead atoms. The minimum Gasteiger partial charge on any atom is -0.508 e. The molecule has 2 aromatic rings. The van der Waals surface area contributed by atoms with E-state index in [0.29, 0.717) is 6.54 Å². The van der Waals surface area contributed by atoms with Gasteiger partial charge in [0.25, 0.3) is 0 Å². The Morgan fingerprint density at radius 2 is 1.86 bits per heavy atom. The summed E-state index contributed by atoms with van der Waals surface area (Å²) < 4.78 is 25.9. The van der Waals surface area contributed by atoms with Crippen LogP contribution in [0.2, 0.25) is 0 Å². The smallest absolute Gasteiger partial charge is 0.240 e. The summed E-state index contributed by atoms with van der Waals surface area (Å²) in [7, 11) is -2.09. The summed E-state index contributed by atoms with van der Waals surface area (Å²) in [5, 5.41) is 12.9. The number of nitrogens with one attached hydrogen (secondary N) is 2. The van der Waals surface area contributed by atoms with Gasteiger partial charge in [0, 0.05) is 17.8 Å². The minimum absolute atomic E-state index is 0.204. The topological polar surface area (TPSA) is 78.4 Å². The fourth-order valence-corrected chi connectivity index (χ4v) is 2.68. The predicted molar refractivity (Wildman–Crippen MR) is 82.9 cm³/mol. The third-order valence-corrected chi connectivity index (χ3v) is 4.66. The Kier molecular flexibility index (Phi) is 4.50. The number of para-hydroxylation sites is 1. The van der Waals surface area contributed by atoms with Crippen LogP contribution >= 0.6 is 0 Å². The zero-order valence-corrected chi connectivity index (χ0v) is 12.7. The molecule has 0 unspecified atom stereocenters. The molecule has 21 heavy (non-hydrogen) atoms. The van der Waals surface area contributed by atoms with Crippen molar-refractivity contribution in [2.45, 2.75) is 18.4 Å². The highest BCUT2D eigenvalue weighted by atomic mass is 32.2. The Balaban J connectivity index is 2.24. The Labute approximate surface area is 124 Å². The fourth-order valence-electron chi connectivity index (χ4n) is 1.93. The average Bonchev–Trinajstić information content (AvgIpc) is 2.47. The third kappa shape index (κ3) is 3.53. The SMILES string of the molecule is CNS(=O)(=O)c1ccc(C)c(NCc2ccccc2O)c1. The van der Waals surface area contributed by atoms with Crippen molar-refractivity contribution in [3.63, 3.8) is 0 Å². The van der Waals surface area contributed by atoms with E-state index >= 15 is 0 Å². The highest BCUT2D eigenvalue weighted by Crippen LogP contribution is 2.22. The summed E-state index contributed by atoms with van der Waals surface area (Å²) >= 11 is 0. The molecule has 0 aromatic heterocycles. The molecule has 0 aliphatic rings. The molecule has 0 saturated carbocycles. The quantitative estimate of drug-likeness (QED) is 0.791. The Hall–Kier alpha value is -2.05. The summed E-state index contributed by atoms with van der Waals surface area (Å²) in [6.45, 7) is 2.31. The van der Waals surface area contributed by atoms with E-state index in [2.05, 4.69) is 10.0 Å². The van der Waals surface area contributed by atoms with Crippen LogP contribution in [0.25, 0.3) is 0 Å². The molecule has 2 aromatic carbocycles. The van der Waals surface area contributed by atoms with Gasteiger partial charge in [-0.1, -0.05) is 24.3 Å². The van der Waals surface area contributed by atoms with Crippen LogP contribution in [-0.4, -0.2) is 20.6 Å². The molecule has 0 saturated heterocycles. The molecule has 6 heteroatoms. The largest absolute Gasteiger partial charge is 0.508 e. The second kappa shape index (κ2) is 6.15. The normalized spacial score (nSPS) is 11.3. The lowest BCUT2D eigenvalue weighted by Gasteiger charge is -2.12. The maximum absolute atomic E-state index is 11.8. The van der Waals surface area contributed by atoms with Crippen LogP contribution in [0.4, 0.5) is 5.69 Å². The number of sulfonamides is 1. The summed E-state index contributed by atoms with van der Waals surface area (Å²) in [5.74, 6) is 0.210. The lowest BCUT2D eigenvalue weighted by atomic mass is 10.1. The van der Waals surface area contributed by atoms with Gasteiger partial charge in [0.05, 0.1) is 4.90 Å². The van der Waals surface area contributed by atoms with E-state index in [9.17, 15) is 13.5 Å². The van der Waals surface area contributed by atoms with E-state index in [1.54, 1.807) is 30.3 Å². The average molecular weight is 306 g/mol. The molecule has 5 nitrogen and oxygen atoms in total. The monoisotopic (exact) mass is 306 g/mol. The van der Waals surface area contributed by atoms with E-state index in [0.717, 1.165) is 16.8 Å². The number of hydrogen-bond acceptors (Lipinski definition) is 4. The molecule has 112 valence electrons. The van der Waals surface area contributed by atoms with E-state index in [1.807, 2.05) is 19.1 Å². The van der Waals surface area contributed by atoms with Gasteiger partial charge >= 0.3 is 0 Å². The first-order valence-electron chi connectivity index (χ1n) is 6.49. The molecule has 0 aliphatic heterocycles. The highest BCUT2D eigenvalue weighted by Gasteiger charge is 2.13. The van der Waals surface area contributed by atoms with Crippen molar-refractivity contribution in [2.24, 2.45) is 0 Å². The van der Waals surface area contributed by atoms with Gasteiger partial charge in [-0.3, -0.25) is 0 Å². The molecule has 0 aliphatic carbocycles. The van der Waals surface area contributed by atoms with Crippen LogP contribution in [0.3, 0.4) is 0 Å². The summed E-state index contributed by atoms with van der Waals surface area (Å²) in [6.07, 6.45) is 0. The van der Waals surface area contributed by atoms with Crippen molar-refractivity contribution in [1.29, 1.82) is 0 Å². The molecular weight excluding hydrogens is 288 g/mol. The van der Waals surface area contributed by atoms with E-state index in [1.165, 1.54) is 7.05 Å². The van der Waals surface area contributed by atoms with Crippen molar-refractivity contribution < 1.29 is 13.5 Å². The van der Waals surface area contributed by atoms with Crippen LogP contribution in [0.5, 0.6) is 5.75 Å². The van der Waals surface area contributed by atoms with Crippen molar-refractivity contribution in [3.05, 3.63) is 53.6 Å². The van der Waals surface area contributed by atoms with E-state index in [-0.39, 0.29) is 10.6 Å². The van der Waals surface area contributed by atoms with Gasteiger partial charge in [0.15, 0.2) is 0 Å². The number of anilines is 1. The van der Waals surface area contributed by atoms with Gasteiger partial charge < -0.3 is 10.4 Å². The van der Waals surface area contributed by atoms with E-state index < -0.39 is 10.0 Å². The Bertz CT molecular complexity index is 742. The van der Waals surface area contributed by atoms with Crippen molar-refractivity contribution >= 4 is 15.7 Å². The number of aryl methyl sites for hydroxylation is 1. The second-order valence-corrected chi connectivity index (χ2v) is 6.55.